The fraction of sp³-hybridized carbons (Fsp3) is 0.240. The van der Waals surface area contributed by atoms with Gasteiger partial charge in [0, 0.05) is 29.2 Å². The third-order valence-electron chi connectivity index (χ3n) is 5.99. The van der Waals surface area contributed by atoms with E-state index in [0.29, 0.717) is 12.2 Å². The third kappa shape index (κ3) is 3.45. The topological polar surface area (TPSA) is 93.5 Å². The van der Waals surface area contributed by atoms with Gasteiger partial charge >= 0.3 is 5.97 Å². The lowest BCUT2D eigenvalue weighted by Gasteiger charge is -2.33. The van der Waals surface area contributed by atoms with Crippen LogP contribution in [0.2, 0.25) is 0 Å². The molecule has 1 atom stereocenters. The summed E-state index contributed by atoms with van der Waals surface area (Å²) in [4.78, 5) is 23.8. The fourth-order valence-corrected chi connectivity index (χ4v) is 4.61. The number of carboxylic acids is 1. The molecule has 7 nitrogen and oxygen atoms in total. The molecule has 2 heterocycles. The van der Waals surface area contributed by atoms with Gasteiger partial charge in [-0.2, -0.15) is 5.10 Å². The highest BCUT2D eigenvalue weighted by atomic mass is 16.5. The summed E-state index contributed by atoms with van der Waals surface area (Å²) < 4.78 is 7.19. The fourth-order valence-electron chi connectivity index (χ4n) is 4.61. The second-order valence-electron chi connectivity index (χ2n) is 8.07. The van der Waals surface area contributed by atoms with E-state index in [0.717, 1.165) is 52.4 Å². The van der Waals surface area contributed by atoms with E-state index in [-0.39, 0.29) is 11.7 Å². The van der Waals surface area contributed by atoms with Crippen molar-refractivity contribution >= 4 is 17.6 Å². The van der Waals surface area contributed by atoms with Crippen molar-refractivity contribution in [2.24, 2.45) is 0 Å². The lowest BCUT2D eigenvalue weighted by Crippen LogP contribution is -2.27. The second kappa shape index (κ2) is 8.00. The Morgan fingerprint density at radius 3 is 2.62 bits per heavy atom. The number of allylic oxidation sites excluding steroid dienone is 2. The number of carbonyl (C=O) groups excluding carboxylic acids is 1. The number of ether oxygens (including phenoxy) is 1. The number of para-hydroxylation sites is 1. The Morgan fingerprint density at radius 1 is 1.16 bits per heavy atom. The molecule has 1 aromatic heterocycles. The zero-order valence-corrected chi connectivity index (χ0v) is 17.7. The van der Waals surface area contributed by atoms with E-state index in [9.17, 15) is 9.59 Å². The Balaban J connectivity index is 1.63. The van der Waals surface area contributed by atoms with Crippen LogP contribution in [0, 0.1) is 6.92 Å². The summed E-state index contributed by atoms with van der Waals surface area (Å²) in [6.07, 6.45) is 2.18. The number of nitrogens with zero attached hydrogens (tertiary/aromatic N) is 2. The molecule has 3 aromatic rings. The number of carboxylic acid groups (broad SMARTS) is 1. The van der Waals surface area contributed by atoms with E-state index in [1.165, 1.54) is 0 Å². The van der Waals surface area contributed by atoms with Crippen LogP contribution in [0.5, 0.6) is 5.75 Å². The van der Waals surface area contributed by atoms with Gasteiger partial charge in [-0.3, -0.25) is 4.79 Å². The summed E-state index contributed by atoms with van der Waals surface area (Å²) in [6.45, 7) is 1.57. The number of ketones is 1. The van der Waals surface area contributed by atoms with E-state index in [1.807, 2.05) is 54.1 Å². The van der Waals surface area contributed by atoms with E-state index < -0.39 is 12.6 Å². The number of aromatic nitrogens is 2. The van der Waals surface area contributed by atoms with Crippen LogP contribution in [0.15, 0.2) is 65.9 Å². The zero-order valence-electron chi connectivity index (χ0n) is 17.7. The van der Waals surface area contributed by atoms with Crippen molar-refractivity contribution in [3.63, 3.8) is 0 Å². The number of aryl methyl sites for hydroxylation is 1. The molecule has 2 N–H and O–H groups in total. The van der Waals surface area contributed by atoms with Crippen LogP contribution in [0.3, 0.4) is 0 Å². The van der Waals surface area contributed by atoms with E-state index >= 15 is 0 Å². The second-order valence-corrected chi connectivity index (χ2v) is 8.07. The number of fused-ring (bicyclic) bond motifs is 1. The van der Waals surface area contributed by atoms with Crippen LogP contribution < -0.4 is 10.1 Å². The molecule has 0 fully saturated rings. The van der Waals surface area contributed by atoms with Crippen molar-refractivity contribution in [1.82, 2.24) is 9.78 Å². The predicted octanol–water partition coefficient (Wildman–Crippen LogP) is 4.21. The van der Waals surface area contributed by atoms with Crippen molar-refractivity contribution < 1.29 is 19.4 Å². The zero-order chi connectivity index (χ0) is 22.2. The average molecular weight is 429 g/mol. The van der Waals surface area contributed by atoms with Crippen molar-refractivity contribution in [3.05, 3.63) is 82.7 Å². The van der Waals surface area contributed by atoms with Crippen LogP contribution in [0.25, 0.3) is 5.69 Å². The summed E-state index contributed by atoms with van der Waals surface area (Å²) in [5.41, 5.74) is 5.51. The highest BCUT2D eigenvalue weighted by Crippen LogP contribution is 2.47. The molecule has 0 amide bonds. The molecular formula is C25H23N3O4. The first kappa shape index (κ1) is 20.1. The lowest BCUT2D eigenvalue weighted by molar-refractivity contribution is -0.139. The maximum atomic E-state index is 13.0. The van der Waals surface area contributed by atoms with Crippen molar-refractivity contribution in [1.29, 1.82) is 0 Å². The lowest BCUT2D eigenvalue weighted by atomic mass is 9.76. The SMILES string of the molecule is Cc1nn(-c2ccccc2)c2c1C(c1ccc(OCC(=O)O)cc1)C1=C(CCCC1=O)N2. The molecule has 1 aliphatic carbocycles. The summed E-state index contributed by atoms with van der Waals surface area (Å²) in [5.74, 6) is 0.265. The van der Waals surface area contributed by atoms with Gasteiger partial charge in [-0.05, 0) is 49.6 Å². The number of benzene rings is 2. The molecule has 7 heteroatoms. The van der Waals surface area contributed by atoms with Crippen LogP contribution >= 0.6 is 0 Å². The Kier molecular flexibility index (Phi) is 5.01. The van der Waals surface area contributed by atoms with Crippen LogP contribution in [0.1, 0.15) is 42.0 Å². The number of anilines is 1. The Hall–Kier alpha value is -3.87. The van der Waals surface area contributed by atoms with Crippen LogP contribution in [-0.4, -0.2) is 33.2 Å². The number of carbonyl (C=O) groups is 2. The molecule has 1 aliphatic heterocycles. The van der Waals surface area contributed by atoms with Gasteiger partial charge in [-0.25, -0.2) is 9.48 Å². The first-order valence-electron chi connectivity index (χ1n) is 10.7. The Morgan fingerprint density at radius 2 is 1.91 bits per heavy atom. The van der Waals surface area contributed by atoms with Gasteiger partial charge in [0.1, 0.15) is 11.6 Å². The highest BCUT2D eigenvalue weighted by Gasteiger charge is 2.38. The Labute approximate surface area is 185 Å². The quantitative estimate of drug-likeness (QED) is 0.631. The normalized spacial score (nSPS) is 17.4. The minimum absolute atomic E-state index is 0.160. The summed E-state index contributed by atoms with van der Waals surface area (Å²) in [7, 11) is 0. The first-order chi connectivity index (χ1) is 15.5. The third-order valence-corrected chi connectivity index (χ3v) is 5.99. The van der Waals surface area contributed by atoms with E-state index in [2.05, 4.69) is 5.32 Å². The van der Waals surface area contributed by atoms with E-state index in [4.69, 9.17) is 14.9 Å². The van der Waals surface area contributed by atoms with Crippen LogP contribution in [0.4, 0.5) is 5.82 Å². The Bertz CT molecular complexity index is 1230. The molecule has 0 spiro atoms. The molecule has 0 saturated heterocycles. The number of hydrogen-bond donors (Lipinski definition) is 2. The number of Topliss-reactive ketones (excluding diaryl/α,β-unsaturated/α-hetero) is 1. The largest absolute Gasteiger partial charge is 0.482 e. The maximum Gasteiger partial charge on any atom is 0.341 e. The molecule has 0 saturated carbocycles. The van der Waals surface area contributed by atoms with Crippen molar-refractivity contribution in [2.45, 2.75) is 32.1 Å². The van der Waals surface area contributed by atoms with Gasteiger partial charge in [0.05, 0.1) is 11.4 Å². The summed E-state index contributed by atoms with van der Waals surface area (Å²) in [6, 6.07) is 17.3. The minimum atomic E-state index is -1.02. The number of rotatable bonds is 5. The average Bonchev–Trinajstić information content (AvgIpc) is 3.13. The monoisotopic (exact) mass is 429 g/mol. The van der Waals surface area contributed by atoms with Gasteiger partial charge in [0.25, 0.3) is 0 Å². The standard InChI is InChI=1S/C25H23N3O4/c1-15-22-23(16-10-12-18(13-11-16)32-14-21(30)31)24-19(8-5-9-20(24)29)26-25(22)28(27-15)17-6-3-2-4-7-17/h2-4,6-7,10-13,23,26H,5,8-9,14H2,1H3,(H,30,31). The van der Waals surface area contributed by atoms with Gasteiger partial charge in [-0.15, -0.1) is 0 Å². The van der Waals surface area contributed by atoms with Gasteiger partial charge in [0.2, 0.25) is 0 Å². The molecule has 32 heavy (non-hydrogen) atoms. The molecule has 2 aliphatic rings. The first-order valence-corrected chi connectivity index (χ1v) is 10.7. The molecule has 0 bridgehead atoms. The summed E-state index contributed by atoms with van der Waals surface area (Å²) >= 11 is 0. The van der Waals surface area contributed by atoms with Crippen LogP contribution in [-0.2, 0) is 9.59 Å². The van der Waals surface area contributed by atoms with Crippen molar-refractivity contribution in [2.75, 3.05) is 11.9 Å². The molecule has 162 valence electrons. The van der Waals surface area contributed by atoms with Gasteiger partial charge in [0.15, 0.2) is 12.4 Å². The summed E-state index contributed by atoms with van der Waals surface area (Å²) in [5, 5.41) is 17.2. The maximum absolute atomic E-state index is 13.0. The van der Waals surface area contributed by atoms with Crippen molar-refractivity contribution in [3.8, 4) is 11.4 Å². The van der Waals surface area contributed by atoms with Gasteiger partial charge < -0.3 is 15.2 Å². The molecular weight excluding hydrogens is 406 g/mol. The minimum Gasteiger partial charge on any atom is -0.482 e. The molecule has 1 unspecified atom stereocenters. The number of nitrogens with one attached hydrogen (secondary N) is 1. The molecule has 5 rings (SSSR count). The number of hydrogen-bond acceptors (Lipinski definition) is 5. The highest BCUT2D eigenvalue weighted by molar-refractivity contribution is 6.01. The van der Waals surface area contributed by atoms with Gasteiger partial charge in [-0.1, -0.05) is 30.3 Å². The molecule has 0 radical (unpaired) electrons. The number of aliphatic carboxylic acids is 1. The van der Waals surface area contributed by atoms with E-state index in [1.54, 1.807) is 12.1 Å². The predicted molar refractivity (Wildman–Crippen MR) is 119 cm³/mol. The smallest absolute Gasteiger partial charge is 0.341 e. The molecule has 2 aromatic carbocycles.